The maximum Gasteiger partial charge on any atom is 0.370 e. The molecule has 0 aromatic rings. The maximum atomic E-state index is 9.86. The van der Waals surface area contributed by atoms with E-state index < -0.39 is 17.9 Å². The van der Waals surface area contributed by atoms with Gasteiger partial charge in [-0.1, -0.05) is 6.55 Å². The monoisotopic (exact) mass is 394 g/mol. The molecule has 0 radical (unpaired) electrons. The average molecular weight is 394 g/mol. The smallest absolute Gasteiger partial charge is 0.370 e. The van der Waals surface area contributed by atoms with Gasteiger partial charge in [0, 0.05) is 0 Å². The van der Waals surface area contributed by atoms with Crippen molar-refractivity contribution in [1.82, 2.24) is 0 Å². The van der Waals surface area contributed by atoms with Crippen molar-refractivity contribution in [2.24, 2.45) is 0 Å². The zero-order valence-corrected chi connectivity index (χ0v) is 18.0. The Kier molecular flexibility index (Phi) is 26.6. The highest BCUT2D eigenvalue weighted by Gasteiger charge is 2.01. The Morgan fingerprint density at radius 2 is 0.808 bits per heavy atom. The minimum absolute atomic E-state index is 0.201. The lowest BCUT2D eigenvalue weighted by molar-refractivity contribution is -0.137. The first-order chi connectivity index (χ1) is 12.0. The normalized spacial score (nSPS) is 7.85. The van der Waals surface area contributed by atoms with E-state index in [1.807, 2.05) is 0 Å². The SMILES string of the molecule is C=C(OCC)C(=O)O.C=C(OCC)C(=O)O.C=C(OCC)C(=O)O.C[SiH3]. The van der Waals surface area contributed by atoms with E-state index in [2.05, 4.69) is 40.5 Å². The molecule has 0 aromatic carbocycles. The Bertz CT molecular complexity index is 392. The summed E-state index contributed by atoms with van der Waals surface area (Å²) in [5, 5.41) is 24.3. The van der Waals surface area contributed by atoms with Crippen LogP contribution >= 0.6 is 0 Å². The molecule has 0 amide bonds. The lowest BCUT2D eigenvalue weighted by Crippen LogP contribution is -2.02. The van der Waals surface area contributed by atoms with E-state index >= 15 is 0 Å². The molecule has 152 valence electrons. The molecular weight excluding hydrogens is 364 g/mol. The van der Waals surface area contributed by atoms with Gasteiger partial charge in [0.25, 0.3) is 0 Å². The molecule has 0 spiro atoms. The Morgan fingerprint density at radius 3 is 0.846 bits per heavy atom. The van der Waals surface area contributed by atoms with Crippen molar-refractivity contribution >= 4 is 28.2 Å². The van der Waals surface area contributed by atoms with Crippen molar-refractivity contribution in [3.8, 4) is 0 Å². The van der Waals surface area contributed by atoms with Crippen LogP contribution in [0.5, 0.6) is 0 Å². The Labute approximate surface area is 157 Å². The summed E-state index contributed by atoms with van der Waals surface area (Å²) in [6, 6.07) is 0. The minimum atomic E-state index is -1.10. The zero-order chi connectivity index (χ0) is 21.7. The third-order valence-electron chi connectivity index (χ3n) is 1.67. The molecule has 0 aliphatic carbocycles. The summed E-state index contributed by atoms with van der Waals surface area (Å²) in [5.41, 5.74) is 0. The van der Waals surface area contributed by atoms with Crippen molar-refractivity contribution in [2.75, 3.05) is 19.8 Å². The number of aliphatic carboxylic acids is 3. The van der Waals surface area contributed by atoms with Crippen LogP contribution in [0.25, 0.3) is 0 Å². The molecule has 10 heteroatoms. The molecule has 0 atom stereocenters. The molecular formula is C16H30O9Si. The zero-order valence-electron chi connectivity index (χ0n) is 16.0. The molecule has 0 unspecified atom stereocenters. The lowest BCUT2D eigenvalue weighted by atomic mass is 10.6. The van der Waals surface area contributed by atoms with Crippen molar-refractivity contribution in [1.29, 1.82) is 0 Å². The second-order valence-corrected chi connectivity index (χ2v) is 3.48. The summed E-state index contributed by atoms with van der Waals surface area (Å²) in [6.07, 6.45) is 0. The molecule has 3 N–H and O–H groups in total. The third kappa shape index (κ3) is 26.2. The van der Waals surface area contributed by atoms with Gasteiger partial charge in [-0.2, -0.15) is 0 Å². The van der Waals surface area contributed by atoms with Crippen molar-refractivity contribution in [3.05, 3.63) is 37.0 Å². The molecule has 0 saturated carbocycles. The van der Waals surface area contributed by atoms with Gasteiger partial charge >= 0.3 is 17.9 Å². The van der Waals surface area contributed by atoms with Crippen LogP contribution in [0, 0.1) is 0 Å². The number of hydrogen-bond donors (Lipinski definition) is 3. The molecule has 0 aromatic heterocycles. The van der Waals surface area contributed by atoms with Crippen LogP contribution in [0.2, 0.25) is 6.55 Å². The molecule has 0 heterocycles. The highest BCUT2D eigenvalue weighted by molar-refractivity contribution is 6.05. The van der Waals surface area contributed by atoms with Crippen LogP contribution in [-0.4, -0.2) is 63.3 Å². The van der Waals surface area contributed by atoms with Crippen molar-refractivity contribution in [3.63, 3.8) is 0 Å². The van der Waals surface area contributed by atoms with Crippen molar-refractivity contribution in [2.45, 2.75) is 27.3 Å². The van der Waals surface area contributed by atoms with Gasteiger partial charge in [-0.25, -0.2) is 14.4 Å². The fourth-order valence-electron chi connectivity index (χ4n) is 0.708. The Hall–Kier alpha value is -2.75. The Morgan fingerprint density at radius 1 is 0.654 bits per heavy atom. The summed E-state index contributed by atoms with van der Waals surface area (Å²) in [6.45, 7) is 17.7. The van der Waals surface area contributed by atoms with E-state index in [1.165, 1.54) is 10.2 Å². The van der Waals surface area contributed by atoms with Gasteiger partial charge in [0.15, 0.2) is 17.3 Å². The van der Waals surface area contributed by atoms with Crippen LogP contribution < -0.4 is 0 Å². The number of ether oxygens (including phenoxy) is 3. The molecule has 0 rings (SSSR count). The molecule has 0 fully saturated rings. The van der Waals surface area contributed by atoms with Gasteiger partial charge in [0.1, 0.15) is 0 Å². The van der Waals surface area contributed by atoms with Crippen LogP contribution in [0.15, 0.2) is 37.0 Å². The number of carboxylic acids is 3. The standard InChI is InChI=1S/3C5H8O3.CH6Si/c3*1-3-8-4(2)5(6)7;1-2/h3*2-3H2,1H3,(H,6,7);1-2H3. The average Bonchev–Trinajstić information content (AvgIpc) is 2.58. The van der Waals surface area contributed by atoms with Crippen LogP contribution in [0.1, 0.15) is 20.8 Å². The first-order valence-corrected chi connectivity index (χ1v) is 9.69. The Balaban J connectivity index is -0.000000133. The quantitative estimate of drug-likeness (QED) is 0.299. The second-order valence-electron chi connectivity index (χ2n) is 3.48. The molecule has 0 saturated heterocycles. The largest absolute Gasteiger partial charge is 0.487 e. The van der Waals surface area contributed by atoms with E-state index in [0.717, 1.165) is 0 Å². The van der Waals surface area contributed by atoms with Crippen molar-refractivity contribution < 1.29 is 43.9 Å². The summed E-state index contributed by atoms with van der Waals surface area (Å²) in [7, 11) is 1.31. The van der Waals surface area contributed by atoms with Crippen LogP contribution in [-0.2, 0) is 28.6 Å². The van der Waals surface area contributed by atoms with Gasteiger partial charge in [0.05, 0.1) is 19.8 Å². The number of rotatable bonds is 9. The molecule has 0 bridgehead atoms. The van der Waals surface area contributed by atoms with Crippen LogP contribution in [0.3, 0.4) is 0 Å². The summed E-state index contributed by atoms with van der Waals surface area (Å²) in [4.78, 5) is 29.6. The van der Waals surface area contributed by atoms with E-state index in [0.29, 0.717) is 19.8 Å². The first-order valence-electron chi connectivity index (χ1n) is 7.69. The predicted molar refractivity (Wildman–Crippen MR) is 101 cm³/mol. The number of carbonyl (C=O) groups is 3. The fraction of sp³-hybridized carbons (Fsp3) is 0.438. The minimum Gasteiger partial charge on any atom is -0.487 e. The summed E-state index contributed by atoms with van der Waals surface area (Å²) < 4.78 is 13.5. The molecule has 9 nitrogen and oxygen atoms in total. The highest BCUT2D eigenvalue weighted by atomic mass is 28.1. The summed E-state index contributed by atoms with van der Waals surface area (Å²) >= 11 is 0. The lowest BCUT2D eigenvalue weighted by Gasteiger charge is -1.97. The maximum absolute atomic E-state index is 9.86. The predicted octanol–water partition coefficient (Wildman–Crippen LogP) is 1.26. The van der Waals surface area contributed by atoms with Gasteiger partial charge in [-0.05, 0) is 50.8 Å². The third-order valence-corrected chi connectivity index (χ3v) is 1.67. The number of carboxylic acid groups (broad SMARTS) is 3. The van der Waals surface area contributed by atoms with Gasteiger partial charge in [-0.15, -0.1) is 0 Å². The molecule has 0 aliphatic rings. The fourth-order valence-corrected chi connectivity index (χ4v) is 0.708. The highest BCUT2D eigenvalue weighted by Crippen LogP contribution is 1.91. The van der Waals surface area contributed by atoms with Crippen LogP contribution in [0.4, 0.5) is 0 Å². The van der Waals surface area contributed by atoms with E-state index in [4.69, 9.17) is 15.3 Å². The first kappa shape index (κ1) is 31.1. The summed E-state index contributed by atoms with van der Waals surface area (Å²) in [5.74, 6) is -3.92. The second kappa shape index (κ2) is 22.2. The molecule has 0 aliphatic heterocycles. The van der Waals surface area contributed by atoms with Gasteiger partial charge < -0.3 is 29.5 Å². The topological polar surface area (TPSA) is 140 Å². The number of hydrogen-bond acceptors (Lipinski definition) is 6. The van der Waals surface area contributed by atoms with Gasteiger partial charge in [-0.3, -0.25) is 0 Å². The van der Waals surface area contributed by atoms with E-state index in [9.17, 15) is 14.4 Å². The molecule has 26 heavy (non-hydrogen) atoms. The van der Waals surface area contributed by atoms with Gasteiger partial charge in [0.2, 0.25) is 0 Å². The van der Waals surface area contributed by atoms with E-state index in [1.54, 1.807) is 20.8 Å². The van der Waals surface area contributed by atoms with E-state index in [-0.39, 0.29) is 17.3 Å².